The molecule has 0 unspecified atom stereocenters. The van der Waals surface area contributed by atoms with E-state index in [1.54, 1.807) is 29.2 Å². The van der Waals surface area contributed by atoms with Crippen molar-refractivity contribution in [1.82, 2.24) is 29.2 Å². The molecule has 3 aromatic heterocycles. The molecule has 2 amide bonds. The van der Waals surface area contributed by atoms with Crippen LogP contribution in [-0.4, -0.2) is 76.8 Å². The van der Waals surface area contributed by atoms with Gasteiger partial charge in [-0.1, -0.05) is 10.3 Å². The van der Waals surface area contributed by atoms with Crippen LogP contribution in [0.3, 0.4) is 0 Å². The van der Waals surface area contributed by atoms with Crippen molar-refractivity contribution in [3.05, 3.63) is 47.8 Å². The highest BCUT2D eigenvalue weighted by Crippen LogP contribution is 2.40. The lowest BCUT2D eigenvalue weighted by atomic mass is 10.0. The maximum Gasteiger partial charge on any atom is 0.352 e. The third-order valence-corrected chi connectivity index (χ3v) is 7.27. The molecule has 0 spiro atoms. The molecule has 3 aromatic rings. The number of amides is 2. The van der Waals surface area contributed by atoms with E-state index in [0.29, 0.717) is 11.3 Å². The molecule has 0 bridgehead atoms. The second-order valence-electron chi connectivity index (χ2n) is 7.45. The van der Waals surface area contributed by atoms with Gasteiger partial charge in [-0.25, -0.2) is 9.36 Å². The summed E-state index contributed by atoms with van der Waals surface area (Å²) in [7, 11) is 1.25. The fourth-order valence-electron chi connectivity index (χ4n) is 3.90. The highest BCUT2D eigenvalue weighted by Gasteiger charge is 2.54. The predicted octanol–water partition coefficient (Wildman–Crippen LogP) is -1.16. The van der Waals surface area contributed by atoms with E-state index in [0.717, 1.165) is 17.2 Å². The average Bonchev–Trinajstić information content (AvgIpc) is 3.46. The van der Waals surface area contributed by atoms with Crippen molar-refractivity contribution in [3.63, 3.8) is 0 Å². The lowest BCUT2D eigenvalue weighted by Gasteiger charge is -2.49. The van der Waals surface area contributed by atoms with Crippen molar-refractivity contribution in [2.24, 2.45) is 5.16 Å². The van der Waals surface area contributed by atoms with Gasteiger partial charge in [-0.15, -0.1) is 16.3 Å². The fourth-order valence-corrected chi connectivity index (χ4v) is 5.67. The molecule has 35 heavy (non-hydrogen) atoms. The molecule has 0 aliphatic carbocycles. The van der Waals surface area contributed by atoms with Crippen LogP contribution < -0.4 is 15.6 Å². The van der Waals surface area contributed by atoms with Gasteiger partial charge in [-0.05, 0) is 6.07 Å². The Morgan fingerprint density at radius 2 is 2.29 bits per heavy atom. The highest BCUT2D eigenvalue weighted by molar-refractivity contribution is 8.00. The smallest absolute Gasteiger partial charge is 0.352 e. The molecule has 5 rings (SSSR count). The van der Waals surface area contributed by atoms with Gasteiger partial charge < -0.3 is 21.0 Å². The third kappa shape index (κ3) is 3.95. The zero-order valence-corrected chi connectivity index (χ0v) is 19.7. The number of oxime groups is 1. The number of hydrogen-bond donors (Lipinski definition) is 3. The summed E-state index contributed by atoms with van der Waals surface area (Å²) in [6.07, 6.45) is 5.21. The Morgan fingerprint density at radius 3 is 3.00 bits per heavy atom. The molecular weight excluding hydrogens is 498 g/mol. The summed E-state index contributed by atoms with van der Waals surface area (Å²) in [5.74, 6) is -2.17. The lowest BCUT2D eigenvalue weighted by molar-refractivity contribution is -0.662. The summed E-state index contributed by atoms with van der Waals surface area (Å²) in [5, 5.41) is 19.9. The molecule has 1 saturated heterocycles. The molecule has 180 valence electrons. The molecule has 0 radical (unpaired) electrons. The summed E-state index contributed by atoms with van der Waals surface area (Å²) >= 11 is 2.24. The summed E-state index contributed by atoms with van der Waals surface area (Å²) in [6.45, 7) is 0.270. The molecule has 1 fully saturated rings. The number of carbonyl (C=O) groups is 3. The van der Waals surface area contributed by atoms with Gasteiger partial charge in [0, 0.05) is 28.9 Å². The van der Waals surface area contributed by atoms with Crippen LogP contribution in [-0.2, 0) is 25.8 Å². The van der Waals surface area contributed by atoms with Crippen LogP contribution in [0.25, 0.3) is 5.65 Å². The largest absolute Gasteiger partial charge is 0.477 e. The number of thioether (sulfide) groups is 1. The minimum Gasteiger partial charge on any atom is -0.477 e. The zero-order valence-electron chi connectivity index (χ0n) is 18.1. The van der Waals surface area contributed by atoms with Crippen LogP contribution in [0.5, 0.6) is 0 Å². The second-order valence-corrected chi connectivity index (χ2v) is 9.34. The molecular formula is C19H18N9O5S2+. The Labute approximate surface area is 205 Å². The zero-order chi connectivity index (χ0) is 24.7. The number of aromatic nitrogens is 5. The maximum absolute atomic E-state index is 13.0. The molecule has 2 atom stereocenters. The fraction of sp³-hybridized carbons (Fsp3) is 0.263. The number of hydrogen-bond acceptors (Lipinski definition) is 11. The minimum absolute atomic E-state index is 0.0357. The number of nitrogens with one attached hydrogen (secondary N) is 1. The van der Waals surface area contributed by atoms with Crippen molar-refractivity contribution in [1.29, 1.82) is 0 Å². The van der Waals surface area contributed by atoms with Gasteiger partial charge in [0.25, 0.3) is 11.8 Å². The quantitative estimate of drug-likeness (QED) is 0.150. The second kappa shape index (κ2) is 8.95. The number of nitrogen functional groups attached to an aromatic ring is 1. The standard InChI is InChI=1S/C19H17N9O5S2/c1-33-24-11(14-23-19(20)35-25-14)15(29)22-12-16(30)28-13(18(31)32)9(8-34-17(12)28)7-26-5-6-27-10(26)3-2-4-21-27/h2-6,12,17H,7-8H2,1H3,(H3-,20,22,23,25,29,31,32)/p+1/b24-11-/t12-,17-/m0/s1. The number of fused-ring (bicyclic) bond motifs is 2. The van der Waals surface area contributed by atoms with E-state index in [9.17, 15) is 19.5 Å². The van der Waals surface area contributed by atoms with Crippen LogP contribution in [0, 0.1) is 0 Å². The first-order valence-electron chi connectivity index (χ1n) is 10.1. The minimum atomic E-state index is -1.21. The van der Waals surface area contributed by atoms with Gasteiger partial charge in [-0.3, -0.25) is 14.5 Å². The first-order valence-corrected chi connectivity index (χ1v) is 11.9. The first kappa shape index (κ1) is 22.7. The Bertz CT molecular complexity index is 1410. The topological polar surface area (TPSA) is 181 Å². The molecule has 0 saturated carbocycles. The van der Waals surface area contributed by atoms with E-state index < -0.39 is 29.2 Å². The summed E-state index contributed by atoms with van der Waals surface area (Å²) in [4.78, 5) is 47.8. The summed E-state index contributed by atoms with van der Waals surface area (Å²) < 4.78 is 7.48. The van der Waals surface area contributed by atoms with Crippen molar-refractivity contribution in [3.8, 4) is 0 Å². The van der Waals surface area contributed by atoms with E-state index in [1.165, 1.54) is 23.8 Å². The normalized spacial score (nSPS) is 20.0. The van der Waals surface area contributed by atoms with Crippen LogP contribution in [0.2, 0.25) is 0 Å². The molecule has 0 aromatic carbocycles. The number of β-lactam (4-membered cyclic amide) rings is 1. The van der Waals surface area contributed by atoms with Crippen molar-refractivity contribution < 1.29 is 28.9 Å². The van der Waals surface area contributed by atoms with Crippen molar-refractivity contribution >= 4 is 57.6 Å². The SMILES string of the molecule is CO/N=C(\C(=O)N[C@H]1C(=O)N2C(C(=O)O)=C(C[n+]3ccn4ncccc43)CS[C@@H]12)c1nsc(N)n1. The van der Waals surface area contributed by atoms with Crippen LogP contribution in [0.4, 0.5) is 5.13 Å². The molecule has 2 aliphatic heterocycles. The monoisotopic (exact) mass is 516 g/mol. The van der Waals surface area contributed by atoms with Crippen LogP contribution in [0.15, 0.2) is 47.1 Å². The van der Waals surface area contributed by atoms with Crippen LogP contribution >= 0.6 is 23.3 Å². The predicted molar refractivity (Wildman–Crippen MR) is 123 cm³/mol. The Morgan fingerprint density at radius 1 is 1.46 bits per heavy atom. The van der Waals surface area contributed by atoms with Gasteiger partial charge >= 0.3 is 11.6 Å². The van der Waals surface area contributed by atoms with Gasteiger partial charge in [0.2, 0.25) is 11.5 Å². The molecule has 14 nitrogen and oxygen atoms in total. The van der Waals surface area contributed by atoms with E-state index in [4.69, 9.17) is 10.6 Å². The maximum atomic E-state index is 13.0. The Kier molecular flexibility index (Phi) is 5.81. The molecule has 16 heteroatoms. The lowest BCUT2D eigenvalue weighted by Crippen LogP contribution is -2.71. The molecule has 5 heterocycles. The van der Waals surface area contributed by atoms with Crippen molar-refractivity contribution in [2.75, 3.05) is 18.6 Å². The van der Waals surface area contributed by atoms with Gasteiger partial charge in [0.1, 0.15) is 37.0 Å². The number of anilines is 1. The number of carboxylic acids is 1. The van der Waals surface area contributed by atoms with Gasteiger partial charge in [0.05, 0.1) is 6.20 Å². The number of aliphatic carboxylic acids is 1. The summed E-state index contributed by atoms with van der Waals surface area (Å²) in [5.41, 5.74) is 6.60. The number of imidazole rings is 1. The van der Waals surface area contributed by atoms with Gasteiger partial charge in [-0.2, -0.15) is 9.36 Å². The number of nitrogens with zero attached hydrogens (tertiary/aromatic N) is 7. The number of rotatable bonds is 7. The van der Waals surface area contributed by atoms with Gasteiger partial charge in [0.15, 0.2) is 11.3 Å². The summed E-state index contributed by atoms with van der Waals surface area (Å²) in [6, 6.07) is 2.69. The van der Waals surface area contributed by atoms with E-state index in [1.807, 2.05) is 10.6 Å². The third-order valence-electron chi connectivity index (χ3n) is 5.39. The molecule has 2 aliphatic rings. The Hall–Kier alpha value is -4.05. The molecule has 4 N–H and O–H groups in total. The Balaban J connectivity index is 1.37. The van der Waals surface area contributed by atoms with E-state index in [2.05, 4.69) is 24.9 Å². The number of nitrogens with two attached hydrogens (primary N) is 1. The number of carboxylic acid groups (broad SMARTS) is 1. The van der Waals surface area contributed by atoms with Crippen molar-refractivity contribution in [2.45, 2.75) is 18.0 Å². The van der Waals surface area contributed by atoms with Crippen LogP contribution in [0.1, 0.15) is 5.82 Å². The average molecular weight is 517 g/mol. The first-order chi connectivity index (χ1) is 16.9. The number of carbonyl (C=O) groups excluding carboxylic acids is 2. The van der Waals surface area contributed by atoms with E-state index >= 15 is 0 Å². The van der Waals surface area contributed by atoms with E-state index in [-0.39, 0.29) is 28.9 Å². The highest BCUT2D eigenvalue weighted by atomic mass is 32.2.